The predicted molar refractivity (Wildman–Crippen MR) is 118 cm³/mol. The topological polar surface area (TPSA) is 108 Å². The third kappa shape index (κ3) is 5.59. The first-order valence-electron chi connectivity index (χ1n) is 9.78. The number of rotatable bonds is 5. The van der Waals surface area contributed by atoms with E-state index in [4.69, 9.17) is 5.73 Å². The van der Waals surface area contributed by atoms with Crippen LogP contribution in [0.5, 0.6) is 0 Å². The molecule has 0 radical (unpaired) electrons. The molecule has 3 rings (SSSR count). The van der Waals surface area contributed by atoms with Crippen LogP contribution in [0.2, 0.25) is 0 Å². The van der Waals surface area contributed by atoms with Crippen LogP contribution in [0.1, 0.15) is 16.8 Å². The minimum atomic E-state index is -1.17. The van der Waals surface area contributed by atoms with Gasteiger partial charge >= 0.3 is 6.03 Å². The van der Waals surface area contributed by atoms with Crippen molar-refractivity contribution < 1.29 is 18.8 Å². The van der Waals surface area contributed by atoms with E-state index < -0.39 is 23.9 Å². The Kier molecular flexibility index (Phi) is 7.59. The second-order valence-electron chi connectivity index (χ2n) is 6.95. The van der Waals surface area contributed by atoms with Crippen molar-refractivity contribution in [1.29, 1.82) is 0 Å². The molecule has 1 atom stereocenters. The first-order valence-corrected chi connectivity index (χ1v) is 10.6. The van der Waals surface area contributed by atoms with Crippen molar-refractivity contribution in [2.45, 2.75) is 12.6 Å². The molecule has 2 aromatic carbocycles. The first kappa shape index (κ1) is 22.7. The summed E-state index contributed by atoms with van der Waals surface area (Å²) in [6.07, 6.45) is -0.683. The van der Waals surface area contributed by atoms with Crippen molar-refractivity contribution in [1.82, 2.24) is 15.1 Å². The van der Waals surface area contributed by atoms with Gasteiger partial charge in [0, 0.05) is 41.9 Å². The summed E-state index contributed by atoms with van der Waals surface area (Å²) in [7, 11) is 0. The lowest BCUT2D eigenvalue weighted by atomic mass is 10.1. The Balaban J connectivity index is 1.88. The summed E-state index contributed by atoms with van der Waals surface area (Å²) in [6, 6.07) is 11.7. The van der Waals surface area contributed by atoms with Crippen molar-refractivity contribution in [3.8, 4) is 0 Å². The van der Waals surface area contributed by atoms with Gasteiger partial charge in [0.05, 0.1) is 0 Å². The van der Waals surface area contributed by atoms with E-state index in [2.05, 4.69) is 26.6 Å². The molecule has 0 saturated carbocycles. The highest BCUT2D eigenvalue weighted by atomic mass is 79.9. The van der Waals surface area contributed by atoms with E-state index in [-0.39, 0.29) is 31.2 Å². The summed E-state index contributed by atoms with van der Waals surface area (Å²) in [5, 5.41) is 5.26. The van der Waals surface area contributed by atoms with Gasteiger partial charge in [-0.05, 0) is 42.8 Å². The Morgan fingerprint density at radius 1 is 1.10 bits per heavy atom. The van der Waals surface area contributed by atoms with Gasteiger partial charge in [-0.1, -0.05) is 28.1 Å². The van der Waals surface area contributed by atoms with Crippen LogP contribution in [0.4, 0.5) is 14.9 Å². The third-order valence-corrected chi connectivity index (χ3v) is 5.23. The fourth-order valence-electron chi connectivity index (χ4n) is 3.37. The van der Waals surface area contributed by atoms with Crippen molar-refractivity contribution >= 4 is 39.5 Å². The standard InChI is InChI=1S/C21H23BrFN5O3/c22-15-5-1-4-14(12-15)20(30)27-10-3-11-28(19(27)18(29)25-9-8-24)21(31)26-17-7-2-6-16(23)13-17/h1-2,4-7,12-13,19H,3,8-11,24H2,(H,25,29)(H,26,31). The van der Waals surface area contributed by atoms with Gasteiger partial charge in [0.15, 0.2) is 6.17 Å². The number of halogens is 2. The average molecular weight is 492 g/mol. The number of urea groups is 1. The van der Waals surface area contributed by atoms with E-state index in [1.807, 2.05) is 0 Å². The van der Waals surface area contributed by atoms with Crippen LogP contribution < -0.4 is 16.4 Å². The minimum Gasteiger partial charge on any atom is -0.351 e. The lowest BCUT2D eigenvalue weighted by molar-refractivity contribution is -0.132. The van der Waals surface area contributed by atoms with E-state index in [9.17, 15) is 18.8 Å². The quantitative estimate of drug-likeness (QED) is 0.596. The predicted octanol–water partition coefficient (Wildman–Crippen LogP) is 2.37. The molecule has 1 aliphatic heterocycles. The molecule has 4 amide bonds. The zero-order valence-corrected chi connectivity index (χ0v) is 18.3. The maximum Gasteiger partial charge on any atom is 0.323 e. The summed E-state index contributed by atoms with van der Waals surface area (Å²) >= 11 is 3.34. The molecule has 1 saturated heterocycles. The van der Waals surface area contributed by atoms with Gasteiger partial charge < -0.3 is 21.3 Å². The number of amides is 4. The normalized spacial score (nSPS) is 16.0. The van der Waals surface area contributed by atoms with E-state index in [1.54, 1.807) is 30.3 Å². The van der Waals surface area contributed by atoms with E-state index in [1.165, 1.54) is 28.0 Å². The lowest BCUT2D eigenvalue weighted by Crippen LogP contribution is -2.64. The Morgan fingerprint density at radius 3 is 2.55 bits per heavy atom. The molecule has 31 heavy (non-hydrogen) atoms. The highest BCUT2D eigenvalue weighted by molar-refractivity contribution is 9.10. The zero-order chi connectivity index (χ0) is 22.4. The fourth-order valence-corrected chi connectivity index (χ4v) is 3.77. The molecule has 1 heterocycles. The van der Waals surface area contributed by atoms with Crippen molar-refractivity contribution in [2.24, 2.45) is 5.73 Å². The minimum absolute atomic E-state index is 0.202. The maximum absolute atomic E-state index is 13.5. The van der Waals surface area contributed by atoms with E-state index in [0.717, 1.165) is 4.47 Å². The first-order chi connectivity index (χ1) is 14.9. The number of carbonyl (C=O) groups excluding carboxylic acids is 3. The SMILES string of the molecule is NCCNC(=O)C1N(C(=O)Nc2cccc(F)c2)CCCN1C(=O)c1cccc(Br)c1. The van der Waals surface area contributed by atoms with Gasteiger partial charge in [-0.2, -0.15) is 0 Å². The van der Waals surface area contributed by atoms with Gasteiger partial charge in [-0.25, -0.2) is 9.18 Å². The number of anilines is 1. The van der Waals surface area contributed by atoms with Crippen LogP contribution in [0.25, 0.3) is 0 Å². The average Bonchev–Trinajstić information content (AvgIpc) is 2.76. The van der Waals surface area contributed by atoms with Crippen LogP contribution in [0, 0.1) is 5.82 Å². The second-order valence-corrected chi connectivity index (χ2v) is 7.87. The second kappa shape index (κ2) is 10.4. The molecule has 0 spiro atoms. The molecule has 0 aromatic heterocycles. The van der Waals surface area contributed by atoms with Gasteiger partial charge in [0.25, 0.3) is 11.8 Å². The molecular weight excluding hydrogens is 469 g/mol. The number of nitrogens with zero attached hydrogens (tertiary/aromatic N) is 2. The highest BCUT2D eigenvalue weighted by Gasteiger charge is 2.40. The summed E-state index contributed by atoms with van der Waals surface area (Å²) < 4.78 is 14.2. The van der Waals surface area contributed by atoms with Crippen LogP contribution in [-0.4, -0.2) is 60.0 Å². The molecule has 1 unspecified atom stereocenters. The molecule has 8 nitrogen and oxygen atoms in total. The zero-order valence-electron chi connectivity index (χ0n) is 16.7. The molecule has 1 fully saturated rings. The lowest BCUT2D eigenvalue weighted by Gasteiger charge is -2.42. The smallest absolute Gasteiger partial charge is 0.323 e. The van der Waals surface area contributed by atoms with Crippen LogP contribution in [0.15, 0.2) is 53.0 Å². The van der Waals surface area contributed by atoms with Crippen LogP contribution in [-0.2, 0) is 4.79 Å². The van der Waals surface area contributed by atoms with Gasteiger partial charge in [0.2, 0.25) is 0 Å². The van der Waals surface area contributed by atoms with Crippen LogP contribution >= 0.6 is 15.9 Å². The summed E-state index contributed by atoms with van der Waals surface area (Å²) in [6.45, 7) is 0.973. The van der Waals surface area contributed by atoms with Crippen molar-refractivity contribution in [3.63, 3.8) is 0 Å². The number of nitrogens with two attached hydrogens (primary N) is 1. The largest absolute Gasteiger partial charge is 0.351 e. The number of hydrogen-bond donors (Lipinski definition) is 3. The third-order valence-electron chi connectivity index (χ3n) is 4.74. The number of hydrogen-bond acceptors (Lipinski definition) is 4. The van der Waals surface area contributed by atoms with Gasteiger partial charge in [-0.3, -0.25) is 14.5 Å². The Hall–Kier alpha value is -2.98. The monoisotopic (exact) mass is 491 g/mol. The molecule has 164 valence electrons. The van der Waals surface area contributed by atoms with Gasteiger partial charge in [-0.15, -0.1) is 0 Å². The molecule has 1 aliphatic rings. The molecule has 4 N–H and O–H groups in total. The summed E-state index contributed by atoms with van der Waals surface area (Å²) in [4.78, 5) is 41.7. The Morgan fingerprint density at radius 2 is 1.84 bits per heavy atom. The van der Waals surface area contributed by atoms with Gasteiger partial charge in [0.1, 0.15) is 5.82 Å². The number of benzene rings is 2. The summed E-state index contributed by atoms with van der Waals surface area (Å²) in [5.41, 5.74) is 6.13. The molecule has 2 aromatic rings. The fraction of sp³-hybridized carbons (Fsp3) is 0.286. The maximum atomic E-state index is 13.5. The highest BCUT2D eigenvalue weighted by Crippen LogP contribution is 2.21. The molecule has 10 heteroatoms. The molecular formula is C21H23BrFN5O3. The molecule has 0 aliphatic carbocycles. The Bertz CT molecular complexity index is 974. The van der Waals surface area contributed by atoms with Crippen molar-refractivity contribution in [2.75, 3.05) is 31.5 Å². The van der Waals surface area contributed by atoms with Crippen molar-refractivity contribution in [3.05, 3.63) is 64.4 Å². The van der Waals surface area contributed by atoms with E-state index in [0.29, 0.717) is 18.5 Å². The summed E-state index contributed by atoms with van der Waals surface area (Å²) in [5.74, 6) is -1.39. The number of nitrogens with one attached hydrogen (secondary N) is 2. The van der Waals surface area contributed by atoms with E-state index >= 15 is 0 Å². The Labute approximate surface area is 187 Å². The van der Waals surface area contributed by atoms with Crippen LogP contribution in [0.3, 0.4) is 0 Å². The number of carbonyl (C=O) groups is 3. The molecule has 0 bridgehead atoms.